The summed E-state index contributed by atoms with van der Waals surface area (Å²) in [6, 6.07) is 7.66. The van der Waals surface area contributed by atoms with Crippen LogP contribution in [0.5, 0.6) is 0 Å². The van der Waals surface area contributed by atoms with Gasteiger partial charge in [-0.15, -0.1) is 10.2 Å². The summed E-state index contributed by atoms with van der Waals surface area (Å²) < 4.78 is 7.47. The van der Waals surface area contributed by atoms with E-state index in [1.807, 2.05) is 49.6 Å². The van der Waals surface area contributed by atoms with Gasteiger partial charge in [-0.05, 0) is 65.7 Å². The number of ether oxygens (including phenoxy) is 1. The summed E-state index contributed by atoms with van der Waals surface area (Å²) in [7, 11) is 1.69. The van der Waals surface area contributed by atoms with E-state index in [4.69, 9.17) is 14.7 Å². The maximum atomic E-state index is 13.6. The lowest BCUT2D eigenvalue weighted by Gasteiger charge is -2.25. The van der Waals surface area contributed by atoms with Crippen LogP contribution in [0.3, 0.4) is 0 Å². The van der Waals surface area contributed by atoms with Crippen molar-refractivity contribution in [3.63, 3.8) is 0 Å². The molecular weight excluding hydrogens is 470 g/mol. The summed E-state index contributed by atoms with van der Waals surface area (Å²) in [5, 5.41) is 8.29. The number of hydrogen-bond donors (Lipinski definition) is 0. The van der Waals surface area contributed by atoms with Crippen LogP contribution in [0.1, 0.15) is 86.7 Å². The molecule has 3 aromatic heterocycles. The van der Waals surface area contributed by atoms with E-state index in [0.29, 0.717) is 35.4 Å². The fourth-order valence-electron chi connectivity index (χ4n) is 4.42. The van der Waals surface area contributed by atoms with Gasteiger partial charge in [0.05, 0.1) is 18.8 Å². The Morgan fingerprint density at radius 1 is 1.22 bits per heavy atom. The van der Waals surface area contributed by atoms with Crippen LogP contribution in [-0.4, -0.2) is 54.3 Å². The van der Waals surface area contributed by atoms with Crippen molar-refractivity contribution < 1.29 is 14.3 Å². The van der Waals surface area contributed by atoms with E-state index in [0.717, 1.165) is 29.8 Å². The molecule has 1 saturated carbocycles. The molecule has 194 valence electrons. The Hall–Kier alpha value is -3.82. The first-order valence-electron chi connectivity index (χ1n) is 12.7. The van der Waals surface area contributed by atoms with Crippen molar-refractivity contribution in [2.24, 2.45) is 0 Å². The van der Waals surface area contributed by atoms with Gasteiger partial charge in [-0.25, -0.2) is 9.78 Å². The Labute approximate surface area is 216 Å². The Bertz CT molecular complexity index is 1350. The quantitative estimate of drug-likeness (QED) is 0.479. The van der Waals surface area contributed by atoms with E-state index in [1.54, 1.807) is 18.3 Å². The Balaban J connectivity index is 1.46. The number of pyridine rings is 2. The van der Waals surface area contributed by atoms with Crippen molar-refractivity contribution in [1.29, 1.82) is 0 Å². The average Bonchev–Trinajstić information content (AvgIpc) is 3.46. The number of nitrogens with zero attached hydrogens (tertiary/aromatic N) is 7. The number of amides is 2. The third-order valence-corrected chi connectivity index (χ3v) is 6.48. The highest BCUT2D eigenvalue weighted by atomic mass is 16.6. The molecule has 0 bridgehead atoms. The lowest BCUT2D eigenvalue weighted by molar-refractivity contribution is 0.0282. The highest BCUT2D eigenvalue weighted by molar-refractivity contribution is 6.09. The Morgan fingerprint density at radius 3 is 2.65 bits per heavy atom. The zero-order valence-corrected chi connectivity index (χ0v) is 22.2. The van der Waals surface area contributed by atoms with Crippen LogP contribution in [0.4, 0.5) is 10.6 Å². The molecule has 0 unspecified atom stereocenters. The van der Waals surface area contributed by atoms with Crippen molar-refractivity contribution in [2.45, 2.75) is 78.1 Å². The Kier molecular flexibility index (Phi) is 6.21. The maximum Gasteiger partial charge on any atom is 0.410 e. The minimum atomic E-state index is -0.597. The number of anilines is 1. The summed E-state index contributed by atoms with van der Waals surface area (Å²) >= 11 is 0. The van der Waals surface area contributed by atoms with Crippen molar-refractivity contribution >= 4 is 17.8 Å². The average molecular weight is 504 g/mol. The lowest BCUT2D eigenvalue weighted by atomic mass is 10.1. The van der Waals surface area contributed by atoms with Crippen LogP contribution in [-0.2, 0) is 17.8 Å². The van der Waals surface area contributed by atoms with Gasteiger partial charge in [0.1, 0.15) is 23.4 Å². The molecule has 10 nitrogen and oxygen atoms in total. The van der Waals surface area contributed by atoms with Gasteiger partial charge in [-0.2, -0.15) is 0 Å². The third kappa shape index (κ3) is 5.05. The molecule has 0 aromatic carbocycles. The summed E-state index contributed by atoms with van der Waals surface area (Å²) in [4.78, 5) is 39.2. The first-order valence-corrected chi connectivity index (χ1v) is 12.7. The minimum Gasteiger partial charge on any atom is -0.444 e. The number of hydrogen-bond acceptors (Lipinski definition) is 7. The van der Waals surface area contributed by atoms with Gasteiger partial charge in [0, 0.05) is 35.8 Å². The predicted octanol–water partition coefficient (Wildman–Crippen LogP) is 4.72. The predicted molar refractivity (Wildman–Crippen MR) is 138 cm³/mol. The monoisotopic (exact) mass is 503 g/mol. The largest absolute Gasteiger partial charge is 0.444 e. The molecule has 1 fully saturated rings. The fourth-order valence-corrected chi connectivity index (χ4v) is 4.42. The molecule has 3 aromatic rings. The number of aromatic nitrogens is 5. The molecule has 2 aliphatic rings. The highest BCUT2D eigenvalue weighted by Gasteiger charge is 2.36. The third-order valence-electron chi connectivity index (χ3n) is 6.48. The van der Waals surface area contributed by atoms with E-state index < -0.39 is 11.7 Å². The van der Waals surface area contributed by atoms with Gasteiger partial charge < -0.3 is 14.2 Å². The molecule has 1 aliphatic heterocycles. The second-order valence-electron chi connectivity index (χ2n) is 11.1. The van der Waals surface area contributed by atoms with Crippen LogP contribution in [0.2, 0.25) is 0 Å². The zero-order valence-electron chi connectivity index (χ0n) is 22.2. The minimum absolute atomic E-state index is 0.115. The van der Waals surface area contributed by atoms with E-state index in [9.17, 15) is 9.59 Å². The fraction of sp³-hybridized carbons (Fsp3) is 0.481. The normalized spacial score (nSPS) is 15.3. The van der Waals surface area contributed by atoms with E-state index in [-0.39, 0.29) is 18.5 Å². The second kappa shape index (κ2) is 9.24. The second-order valence-corrected chi connectivity index (χ2v) is 11.1. The van der Waals surface area contributed by atoms with Crippen molar-refractivity contribution in [2.75, 3.05) is 11.9 Å². The van der Waals surface area contributed by atoms with E-state index >= 15 is 0 Å². The summed E-state index contributed by atoms with van der Waals surface area (Å²) in [5.41, 5.74) is 3.13. The number of rotatable bonds is 6. The molecule has 1 aliphatic carbocycles. The molecule has 0 atom stereocenters. The number of carbonyl (C=O) groups is 2. The molecule has 2 amide bonds. The van der Waals surface area contributed by atoms with Crippen LogP contribution >= 0.6 is 0 Å². The molecule has 10 heteroatoms. The van der Waals surface area contributed by atoms with Crippen molar-refractivity contribution in [1.82, 2.24) is 29.6 Å². The molecule has 0 spiro atoms. The molecule has 5 rings (SSSR count). The standard InChI is InChI=1S/C27H33N7O3/c1-16(2)34-15-28-31-24(34)20-8-7-9-23(30-20)33-13-19-18(25(33)35)12-21(17-10-11-17)29-22(19)14-32(6)26(36)37-27(3,4)5/h7-9,12,15-17H,10-11,13-14H2,1-6H3. The van der Waals surface area contributed by atoms with Crippen LogP contribution in [0.15, 0.2) is 30.6 Å². The van der Waals surface area contributed by atoms with Crippen molar-refractivity contribution in [3.8, 4) is 11.5 Å². The molecule has 0 radical (unpaired) electrons. The van der Waals surface area contributed by atoms with Gasteiger partial charge in [0.2, 0.25) is 0 Å². The molecule has 0 N–H and O–H groups in total. The van der Waals surface area contributed by atoms with E-state index in [2.05, 4.69) is 24.0 Å². The first-order chi connectivity index (χ1) is 17.5. The van der Waals surface area contributed by atoms with Gasteiger partial charge in [-0.1, -0.05) is 6.07 Å². The molecular formula is C27H33N7O3. The van der Waals surface area contributed by atoms with Gasteiger partial charge in [0.15, 0.2) is 5.82 Å². The van der Waals surface area contributed by atoms with Crippen LogP contribution in [0, 0.1) is 0 Å². The van der Waals surface area contributed by atoms with Crippen LogP contribution < -0.4 is 4.90 Å². The number of fused-ring (bicyclic) bond motifs is 1. The maximum absolute atomic E-state index is 13.6. The summed E-state index contributed by atoms with van der Waals surface area (Å²) in [5.74, 6) is 1.44. The molecule has 4 heterocycles. The molecule has 37 heavy (non-hydrogen) atoms. The SMILES string of the molecule is CC(C)n1cnnc1-c1cccc(N2Cc3c(cc(C4CC4)nc3CN(C)C(=O)OC(C)(C)C)C2=O)n1. The highest BCUT2D eigenvalue weighted by Crippen LogP contribution is 2.41. The summed E-state index contributed by atoms with van der Waals surface area (Å²) in [6.07, 6.45) is 3.38. The number of carbonyl (C=O) groups excluding carboxylic acids is 2. The van der Waals surface area contributed by atoms with Gasteiger partial charge in [0.25, 0.3) is 5.91 Å². The Morgan fingerprint density at radius 2 is 1.97 bits per heavy atom. The lowest BCUT2D eigenvalue weighted by Crippen LogP contribution is -2.34. The molecule has 0 saturated heterocycles. The van der Waals surface area contributed by atoms with Crippen LogP contribution in [0.25, 0.3) is 11.5 Å². The summed E-state index contributed by atoms with van der Waals surface area (Å²) in [6.45, 7) is 10.2. The van der Waals surface area contributed by atoms with Gasteiger partial charge >= 0.3 is 6.09 Å². The van der Waals surface area contributed by atoms with Gasteiger partial charge in [-0.3, -0.25) is 14.7 Å². The zero-order chi connectivity index (χ0) is 26.5. The topological polar surface area (TPSA) is 106 Å². The smallest absolute Gasteiger partial charge is 0.410 e. The first kappa shape index (κ1) is 24.9. The van der Waals surface area contributed by atoms with E-state index in [1.165, 1.54) is 4.90 Å². The van der Waals surface area contributed by atoms with Crippen molar-refractivity contribution in [3.05, 3.63) is 53.1 Å².